The van der Waals surface area contributed by atoms with Crippen molar-refractivity contribution in [2.75, 3.05) is 13.7 Å². The van der Waals surface area contributed by atoms with Crippen LogP contribution in [0.5, 0.6) is 5.75 Å². The molecule has 5 nitrogen and oxygen atoms in total. The monoisotopic (exact) mass is 248 g/mol. The topological polar surface area (TPSA) is 69.7 Å². The molecular weight excluding hydrogens is 236 g/mol. The summed E-state index contributed by atoms with van der Waals surface area (Å²) in [7, 11) is 1.10. The number of aryl methyl sites for hydroxylation is 1. The van der Waals surface area contributed by atoms with Gasteiger partial charge in [-0.2, -0.15) is 0 Å². The second kappa shape index (κ2) is 4.60. The van der Waals surface area contributed by atoms with E-state index in [4.69, 9.17) is 4.74 Å². The summed E-state index contributed by atoms with van der Waals surface area (Å²) in [6.45, 7) is 1.69. The third-order valence-electron chi connectivity index (χ3n) is 2.89. The summed E-state index contributed by atoms with van der Waals surface area (Å²) in [5.41, 5.74) is 1.16. The number of hydrogen-bond donors (Lipinski definition) is 0. The van der Waals surface area contributed by atoms with Gasteiger partial charge in [0.05, 0.1) is 12.7 Å². The number of carbonyl (C=O) groups excluding carboxylic acids is 3. The molecule has 0 radical (unpaired) electrons. The van der Waals surface area contributed by atoms with E-state index < -0.39 is 23.5 Å². The van der Waals surface area contributed by atoms with Crippen LogP contribution in [-0.2, 0) is 14.3 Å². The van der Waals surface area contributed by atoms with E-state index >= 15 is 0 Å². The summed E-state index contributed by atoms with van der Waals surface area (Å²) in [4.78, 5) is 34.9. The van der Waals surface area contributed by atoms with Gasteiger partial charge in [-0.3, -0.25) is 9.59 Å². The number of esters is 1. The van der Waals surface area contributed by atoms with Gasteiger partial charge in [-0.15, -0.1) is 0 Å². The summed E-state index contributed by atoms with van der Waals surface area (Å²) in [5, 5.41) is 0. The Morgan fingerprint density at radius 3 is 2.78 bits per heavy atom. The summed E-state index contributed by atoms with van der Waals surface area (Å²) < 4.78 is 9.73. The third-order valence-corrected chi connectivity index (χ3v) is 2.89. The van der Waals surface area contributed by atoms with E-state index in [9.17, 15) is 14.4 Å². The first-order valence-corrected chi connectivity index (χ1v) is 5.45. The zero-order valence-electron chi connectivity index (χ0n) is 10.1. The number of hydrogen-bond acceptors (Lipinski definition) is 5. The zero-order chi connectivity index (χ0) is 13.3. The molecule has 0 saturated carbocycles. The van der Waals surface area contributed by atoms with E-state index in [1.54, 1.807) is 12.1 Å². The number of Topliss-reactive ketones (excluding diaryl/α,β-unsaturated/α-hetero) is 2. The Morgan fingerprint density at radius 1 is 1.39 bits per heavy atom. The number of carbonyl (C=O) groups is 3. The van der Waals surface area contributed by atoms with Crippen LogP contribution in [0.15, 0.2) is 18.2 Å². The lowest BCUT2D eigenvalue weighted by molar-refractivity contribution is -0.153. The van der Waals surface area contributed by atoms with Crippen molar-refractivity contribution >= 4 is 17.5 Å². The first-order chi connectivity index (χ1) is 8.56. The molecule has 1 aromatic rings. The summed E-state index contributed by atoms with van der Waals surface area (Å²) >= 11 is 0. The highest BCUT2D eigenvalue weighted by molar-refractivity contribution is 6.39. The van der Waals surface area contributed by atoms with Crippen molar-refractivity contribution in [1.29, 1.82) is 0 Å². The average Bonchev–Trinajstić information content (AvgIpc) is 2.38. The average molecular weight is 248 g/mol. The van der Waals surface area contributed by atoms with E-state index in [2.05, 4.69) is 4.74 Å². The molecule has 0 amide bonds. The number of methoxy groups -OCH3 is 1. The molecule has 1 atom stereocenters. The molecule has 5 heteroatoms. The minimum atomic E-state index is -1.10. The summed E-state index contributed by atoms with van der Waals surface area (Å²) in [5.74, 6) is -2.90. The van der Waals surface area contributed by atoms with Crippen LogP contribution in [0.1, 0.15) is 15.9 Å². The molecule has 0 aromatic heterocycles. The van der Waals surface area contributed by atoms with E-state index in [0.717, 1.165) is 12.7 Å². The van der Waals surface area contributed by atoms with E-state index in [1.807, 2.05) is 13.0 Å². The molecule has 1 aliphatic rings. The highest BCUT2D eigenvalue weighted by atomic mass is 16.5. The van der Waals surface area contributed by atoms with E-state index in [-0.39, 0.29) is 6.61 Å². The van der Waals surface area contributed by atoms with E-state index in [1.165, 1.54) is 0 Å². The van der Waals surface area contributed by atoms with Gasteiger partial charge in [-0.1, -0.05) is 12.1 Å². The Morgan fingerprint density at radius 2 is 2.11 bits per heavy atom. The second-order valence-electron chi connectivity index (χ2n) is 4.04. The number of ether oxygens (including phenoxy) is 2. The highest BCUT2D eigenvalue weighted by Crippen LogP contribution is 2.30. The zero-order valence-corrected chi connectivity index (χ0v) is 10.1. The number of fused-ring (bicyclic) bond motifs is 1. The van der Waals surface area contributed by atoms with Crippen LogP contribution in [-0.4, -0.2) is 31.3 Å². The first-order valence-electron chi connectivity index (χ1n) is 5.45. The van der Waals surface area contributed by atoms with Gasteiger partial charge >= 0.3 is 5.97 Å². The van der Waals surface area contributed by atoms with E-state index in [0.29, 0.717) is 11.3 Å². The third kappa shape index (κ3) is 1.88. The van der Waals surface area contributed by atoms with Crippen molar-refractivity contribution in [2.45, 2.75) is 6.92 Å². The van der Waals surface area contributed by atoms with Gasteiger partial charge in [0.25, 0.3) is 5.78 Å². The summed E-state index contributed by atoms with van der Waals surface area (Å²) in [6, 6.07) is 5.11. The maximum atomic E-state index is 12.1. The van der Waals surface area contributed by atoms with Crippen molar-refractivity contribution < 1.29 is 23.9 Å². The van der Waals surface area contributed by atoms with Crippen molar-refractivity contribution in [3.05, 3.63) is 29.3 Å². The highest BCUT2D eigenvalue weighted by Gasteiger charge is 2.38. The Labute approximate surface area is 104 Å². The van der Waals surface area contributed by atoms with Crippen LogP contribution in [0, 0.1) is 12.8 Å². The molecule has 18 heavy (non-hydrogen) atoms. The molecule has 0 spiro atoms. The lowest BCUT2D eigenvalue weighted by Gasteiger charge is -2.23. The quantitative estimate of drug-likeness (QED) is 0.442. The number of para-hydroxylation sites is 1. The molecule has 1 unspecified atom stereocenters. The lowest BCUT2D eigenvalue weighted by Crippen LogP contribution is -2.38. The Balaban J connectivity index is 2.34. The molecule has 0 fully saturated rings. The number of ketones is 2. The maximum Gasteiger partial charge on any atom is 0.375 e. The molecule has 0 bridgehead atoms. The smallest absolute Gasteiger partial charge is 0.375 e. The first kappa shape index (κ1) is 12.3. The van der Waals surface area contributed by atoms with Gasteiger partial charge in [0.2, 0.25) is 0 Å². The van der Waals surface area contributed by atoms with Gasteiger partial charge < -0.3 is 9.47 Å². The molecule has 2 rings (SSSR count). The van der Waals surface area contributed by atoms with Gasteiger partial charge in [-0.25, -0.2) is 4.79 Å². The van der Waals surface area contributed by atoms with Gasteiger partial charge in [0.15, 0.2) is 5.78 Å². The van der Waals surface area contributed by atoms with Crippen LogP contribution < -0.4 is 4.74 Å². The second-order valence-corrected chi connectivity index (χ2v) is 4.04. The lowest BCUT2D eigenvalue weighted by atomic mass is 9.90. The molecule has 0 N–H and O–H groups in total. The normalized spacial score (nSPS) is 17.7. The maximum absolute atomic E-state index is 12.1. The van der Waals surface area contributed by atoms with Gasteiger partial charge in [0.1, 0.15) is 18.3 Å². The molecule has 1 aromatic carbocycles. The Hall–Kier alpha value is -2.17. The molecule has 1 heterocycles. The number of rotatable bonds is 2. The molecule has 0 aliphatic carbocycles. The summed E-state index contributed by atoms with van der Waals surface area (Å²) in [6.07, 6.45) is 0. The fourth-order valence-electron chi connectivity index (χ4n) is 1.91. The van der Waals surface area contributed by atoms with Crippen LogP contribution in [0.4, 0.5) is 0 Å². The van der Waals surface area contributed by atoms with Gasteiger partial charge in [0, 0.05) is 0 Å². The van der Waals surface area contributed by atoms with Crippen molar-refractivity contribution in [3.8, 4) is 5.75 Å². The molecule has 94 valence electrons. The Bertz CT molecular complexity index is 532. The minimum absolute atomic E-state index is 0.120. The van der Waals surface area contributed by atoms with Crippen LogP contribution >= 0.6 is 0 Å². The Kier molecular flexibility index (Phi) is 3.14. The van der Waals surface area contributed by atoms with Crippen molar-refractivity contribution in [2.24, 2.45) is 5.92 Å². The molecule has 1 aliphatic heterocycles. The minimum Gasteiger partial charge on any atom is -0.491 e. The van der Waals surface area contributed by atoms with Crippen LogP contribution in [0.25, 0.3) is 0 Å². The SMILES string of the molecule is COC(=O)C(=O)C1COc2c(C)cccc2C1=O. The molecular formula is C13H12O5. The molecule has 0 saturated heterocycles. The van der Waals surface area contributed by atoms with Gasteiger partial charge in [-0.05, 0) is 18.6 Å². The standard InChI is InChI=1S/C13H12O5/c1-7-4-3-5-8-10(14)9(6-18-12(7)8)11(15)13(16)17-2/h3-5,9H,6H2,1-2H3. The number of benzene rings is 1. The predicted molar refractivity (Wildman–Crippen MR) is 61.5 cm³/mol. The van der Waals surface area contributed by atoms with Crippen LogP contribution in [0.2, 0.25) is 0 Å². The van der Waals surface area contributed by atoms with Crippen molar-refractivity contribution in [3.63, 3.8) is 0 Å². The predicted octanol–water partition coefficient (Wildman–Crippen LogP) is 0.928. The fourth-order valence-corrected chi connectivity index (χ4v) is 1.91. The fraction of sp³-hybridized carbons (Fsp3) is 0.308. The van der Waals surface area contributed by atoms with Crippen LogP contribution in [0.3, 0.4) is 0 Å². The van der Waals surface area contributed by atoms with Crippen molar-refractivity contribution in [1.82, 2.24) is 0 Å². The largest absolute Gasteiger partial charge is 0.491 e.